The van der Waals surface area contributed by atoms with E-state index in [4.69, 9.17) is 4.98 Å². The maximum Gasteiger partial charge on any atom is 0.122 e. The normalized spacial score (nSPS) is 16.1. The standard InChI is InChI=1S/C16H12N2S2/c1-10(15-17-11-6-2-4-8-13(11)19-15)16-18-12-7-3-5-9-14(12)20-16/h2-9,17H,1H3/b15-10+. The minimum Gasteiger partial charge on any atom is -0.349 e. The quantitative estimate of drug-likeness (QED) is 0.668. The number of anilines is 1. The van der Waals surface area contributed by atoms with Gasteiger partial charge >= 0.3 is 0 Å². The van der Waals surface area contributed by atoms with Crippen molar-refractivity contribution < 1.29 is 0 Å². The summed E-state index contributed by atoms with van der Waals surface area (Å²) in [7, 11) is 0. The van der Waals surface area contributed by atoms with Crippen molar-refractivity contribution in [1.82, 2.24) is 4.98 Å². The predicted octanol–water partition coefficient (Wildman–Crippen LogP) is 5.20. The van der Waals surface area contributed by atoms with Crippen LogP contribution in [-0.2, 0) is 0 Å². The van der Waals surface area contributed by atoms with Gasteiger partial charge < -0.3 is 5.32 Å². The maximum absolute atomic E-state index is 4.73. The third kappa shape index (κ3) is 1.92. The van der Waals surface area contributed by atoms with Gasteiger partial charge in [0.1, 0.15) is 5.01 Å². The second-order valence-electron chi connectivity index (χ2n) is 4.66. The van der Waals surface area contributed by atoms with Crippen molar-refractivity contribution >= 4 is 44.6 Å². The van der Waals surface area contributed by atoms with E-state index in [9.17, 15) is 0 Å². The molecular formula is C16H12N2S2. The van der Waals surface area contributed by atoms with Crippen LogP contribution in [0.2, 0.25) is 0 Å². The maximum atomic E-state index is 4.73. The Morgan fingerprint density at radius 3 is 2.70 bits per heavy atom. The summed E-state index contributed by atoms with van der Waals surface area (Å²) in [6.45, 7) is 2.14. The fourth-order valence-electron chi connectivity index (χ4n) is 2.22. The summed E-state index contributed by atoms with van der Waals surface area (Å²) in [6.07, 6.45) is 0. The van der Waals surface area contributed by atoms with E-state index < -0.39 is 0 Å². The molecule has 1 aliphatic rings. The van der Waals surface area contributed by atoms with Gasteiger partial charge in [-0.1, -0.05) is 36.0 Å². The molecule has 98 valence electrons. The number of thioether (sulfide) groups is 1. The average Bonchev–Trinajstić information content (AvgIpc) is 3.10. The first-order chi connectivity index (χ1) is 9.81. The lowest BCUT2D eigenvalue weighted by atomic mass is 10.3. The summed E-state index contributed by atoms with van der Waals surface area (Å²) in [5.74, 6) is 0. The fourth-order valence-corrected chi connectivity index (χ4v) is 4.26. The summed E-state index contributed by atoms with van der Waals surface area (Å²) in [6, 6.07) is 16.7. The largest absolute Gasteiger partial charge is 0.349 e. The van der Waals surface area contributed by atoms with Crippen LogP contribution in [0, 0.1) is 0 Å². The van der Waals surface area contributed by atoms with Crippen molar-refractivity contribution in [2.45, 2.75) is 11.8 Å². The Morgan fingerprint density at radius 2 is 1.85 bits per heavy atom. The Balaban J connectivity index is 1.77. The van der Waals surface area contributed by atoms with Crippen molar-refractivity contribution in [3.8, 4) is 0 Å². The first-order valence-corrected chi connectivity index (χ1v) is 8.05. The van der Waals surface area contributed by atoms with Crippen molar-refractivity contribution in [3.05, 3.63) is 58.6 Å². The van der Waals surface area contributed by atoms with E-state index in [2.05, 4.69) is 54.7 Å². The van der Waals surface area contributed by atoms with Crippen LogP contribution in [0.1, 0.15) is 11.9 Å². The molecule has 1 aromatic heterocycles. The number of nitrogens with zero attached hydrogens (tertiary/aromatic N) is 1. The molecule has 0 saturated heterocycles. The first-order valence-electron chi connectivity index (χ1n) is 6.42. The molecule has 1 N–H and O–H groups in total. The number of thiazole rings is 1. The topological polar surface area (TPSA) is 24.9 Å². The van der Waals surface area contributed by atoms with Gasteiger partial charge in [-0.05, 0) is 31.2 Å². The highest BCUT2D eigenvalue weighted by Crippen LogP contribution is 2.44. The number of rotatable bonds is 1. The minimum absolute atomic E-state index is 1.08. The number of hydrogen-bond donors (Lipinski definition) is 1. The molecule has 0 saturated carbocycles. The molecule has 2 heterocycles. The Bertz CT molecular complexity index is 773. The number of aromatic nitrogens is 1. The molecule has 0 bridgehead atoms. The molecule has 4 heteroatoms. The third-order valence-corrected chi connectivity index (χ3v) is 5.65. The van der Waals surface area contributed by atoms with Crippen molar-refractivity contribution in [3.63, 3.8) is 0 Å². The Morgan fingerprint density at radius 1 is 1.05 bits per heavy atom. The van der Waals surface area contributed by atoms with Crippen molar-refractivity contribution in [1.29, 1.82) is 0 Å². The molecule has 0 amide bonds. The van der Waals surface area contributed by atoms with E-state index in [0.29, 0.717) is 0 Å². The fraction of sp³-hybridized carbons (Fsp3) is 0.0625. The number of para-hydroxylation sites is 2. The lowest BCUT2D eigenvalue weighted by Gasteiger charge is -2.02. The molecule has 1 aliphatic heterocycles. The number of allylic oxidation sites excluding steroid dienone is 1. The van der Waals surface area contributed by atoms with Crippen LogP contribution in [0.3, 0.4) is 0 Å². The van der Waals surface area contributed by atoms with Crippen LogP contribution in [0.15, 0.2) is 58.5 Å². The summed E-state index contributed by atoms with van der Waals surface area (Å²) in [5, 5.41) is 5.76. The van der Waals surface area contributed by atoms with E-state index in [1.165, 1.54) is 25.9 Å². The van der Waals surface area contributed by atoms with E-state index in [1.807, 2.05) is 6.07 Å². The summed E-state index contributed by atoms with van der Waals surface area (Å²) in [4.78, 5) is 6.01. The molecule has 0 unspecified atom stereocenters. The van der Waals surface area contributed by atoms with Crippen LogP contribution in [-0.4, -0.2) is 4.98 Å². The Hall–Kier alpha value is -1.78. The molecule has 2 aromatic carbocycles. The van der Waals surface area contributed by atoms with Gasteiger partial charge in [0.05, 0.1) is 20.9 Å². The van der Waals surface area contributed by atoms with Crippen LogP contribution < -0.4 is 5.32 Å². The predicted molar refractivity (Wildman–Crippen MR) is 88.1 cm³/mol. The molecule has 3 aromatic rings. The number of benzene rings is 2. The summed E-state index contributed by atoms with van der Waals surface area (Å²) < 4.78 is 1.24. The molecule has 2 nitrogen and oxygen atoms in total. The zero-order chi connectivity index (χ0) is 13.5. The second-order valence-corrected chi connectivity index (χ2v) is 6.75. The van der Waals surface area contributed by atoms with Crippen LogP contribution in [0.5, 0.6) is 0 Å². The lowest BCUT2D eigenvalue weighted by molar-refractivity contribution is 1.40. The monoisotopic (exact) mass is 296 g/mol. The molecule has 4 rings (SSSR count). The van der Waals surface area contributed by atoms with Gasteiger partial charge in [0.2, 0.25) is 0 Å². The van der Waals surface area contributed by atoms with Gasteiger partial charge in [-0.2, -0.15) is 0 Å². The van der Waals surface area contributed by atoms with Gasteiger partial charge in [0.25, 0.3) is 0 Å². The van der Waals surface area contributed by atoms with Crippen LogP contribution in [0.25, 0.3) is 15.8 Å². The molecule has 0 radical (unpaired) electrons. The SMILES string of the molecule is C/C(=C1/Nc2ccccc2S1)c1nc2ccccc2s1. The first kappa shape index (κ1) is 12.0. The molecule has 0 fully saturated rings. The highest BCUT2D eigenvalue weighted by Gasteiger charge is 2.19. The van der Waals surface area contributed by atoms with Gasteiger partial charge in [0.15, 0.2) is 0 Å². The van der Waals surface area contributed by atoms with Gasteiger partial charge in [-0.25, -0.2) is 4.98 Å². The van der Waals surface area contributed by atoms with Crippen LogP contribution >= 0.6 is 23.1 Å². The smallest absolute Gasteiger partial charge is 0.122 e. The summed E-state index contributed by atoms with van der Waals surface area (Å²) >= 11 is 3.53. The number of nitrogens with one attached hydrogen (secondary N) is 1. The molecule has 0 atom stereocenters. The highest BCUT2D eigenvalue weighted by atomic mass is 32.2. The Kier molecular flexibility index (Phi) is 2.79. The van der Waals surface area contributed by atoms with E-state index >= 15 is 0 Å². The van der Waals surface area contributed by atoms with Gasteiger partial charge in [0, 0.05) is 10.5 Å². The minimum atomic E-state index is 1.08. The number of fused-ring (bicyclic) bond motifs is 2. The lowest BCUT2D eigenvalue weighted by Crippen LogP contribution is -1.92. The highest BCUT2D eigenvalue weighted by molar-refractivity contribution is 8.04. The van der Waals surface area contributed by atoms with Crippen LogP contribution in [0.4, 0.5) is 5.69 Å². The molecular weight excluding hydrogens is 284 g/mol. The van der Waals surface area contributed by atoms with Crippen molar-refractivity contribution in [2.24, 2.45) is 0 Å². The number of hydrogen-bond acceptors (Lipinski definition) is 4. The van der Waals surface area contributed by atoms with E-state index in [0.717, 1.165) is 10.5 Å². The third-order valence-electron chi connectivity index (χ3n) is 3.30. The van der Waals surface area contributed by atoms with E-state index in [-0.39, 0.29) is 0 Å². The second kappa shape index (κ2) is 4.65. The Labute approximate surface area is 125 Å². The van der Waals surface area contributed by atoms with Gasteiger partial charge in [-0.15, -0.1) is 11.3 Å². The average molecular weight is 296 g/mol. The molecule has 0 aliphatic carbocycles. The molecule has 0 spiro atoms. The summed E-state index contributed by atoms with van der Waals surface area (Å²) in [5.41, 5.74) is 3.48. The zero-order valence-corrected chi connectivity index (χ0v) is 12.5. The van der Waals surface area contributed by atoms with Crippen molar-refractivity contribution in [2.75, 3.05) is 5.32 Å². The molecule has 20 heavy (non-hydrogen) atoms. The van der Waals surface area contributed by atoms with Gasteiger partial charge in [-0.3, -0.25) is 0 Å². The van der Waals surface area contributed by atoms with E-state index in [1.54, 1.807) is 23.1 Å². The zero-order valence-electron chi connectivity index (χ0n) is 10.9.